The zero-order chi connectivity index (χ0) is 8.27. The first-order chi connectivity index (χ1) is 5.25. The first kappa shape index (κ1) is 8.76. The summed E-state index contributed by atoms with van der Waals surface area (Å²) < 4.78 is 0. The minimum atomic E-state index is 0.397. The number of hydrogen-bond donors (Lipinski definition) is 0. The summed E-state index contributed by atoms with van der Waals surface area (Å²) in [5.74, 6) is 1.53. The summed E-state index contributed by atoms with van der Waals surface area (Å²) in [6.07, 6.45) is 5.73. The van der Waals surface area contributed by atoms with Gasteiger partial charge in [-0.2, -0.15) is 0 Å². The standard InChI is InChI=1S/C10H18O/c1-3-10(11)9-7-5-4-6-8(9)2/h8-9H,3-7H2,1-2H3. The van der Waals surface area contributed by atoms with Gasteiger partial charge >= 0.3 is 0 Å². The van der Waals surface area contributed by atoms with Crippen LogP contribution in [0, 0.1) is 11.8 Å². The van der Waals surface area contributed by atoms with Crippen LogP contribution in [0.25, 0.3) is 0 Å². The molecule has 1 heteroatoms. The fourth-order valence-electron chi connectivity index (χ4n) is 2.06. The van der Waals surface area contributed by atoms with Gasteiger partial charge in [0.2, 0.25) is 0 Å². The molecule has 11 heavy (non-hydrogen) atoms. The lowest BCUT2D eigenvalue weighted by atomic mass is 9.77. The summed E-state index contributed by atoms with van der Waals surface area (Å²) >= 11 is 0. The Morgan fingerprint density at radius 1 is 1.36 bits per heavy atom. The maximum absolute atomic E-state index is 11.4. The first-order valence-corrected chi connectivity index (χ1v) is 4.78. The van der Waals surface area contributed by atoms with Crippen molar-refractivity contribution < 1.29 is 4.79 Å². The molecule has 1 rings (SSSR count). The molecular weight excluding hydrogens is 136 g/mol. The van der Waals surface area contributed by atoms with E-state index in [0.29, 0.717) is 17.6 Å². The lowest BCUT2D eigenvalue weighted by Crippen LogP contribution is -2.24. The Bertz CT molecular complexity index is 140. The number of carbonyl (C=O) groups is 1. The Hall–Kier alpha value is -0.330. The van der Waals surface area contributed by atoms with Gasteiger partial charge in [-0.05, 0) is 12.3 Å². The van der Waals surface area contributed by atoms with Crippen molar-refractivity contribution in [2.75, 3.05) is 0 Å². The predicted octanol–water partition coefficient (Wildman–Crippen LogP) is 2.79. The summed E-state index contributed by atoms with van der Waals surface area (Å²) in [6, 6.07) is 0. The Balaban J connectivity index is 2.47. The van der Waals surface area contributed by atoms with Crippen LogP contribution < -0.4 is 0 Å². The van der Waals surface area contributed by atoms with Crippen LogP contribution in [-0.2, 0) is 4.79 Å². The highest BCUT2D eigenvalue weighted by Gasteiger charge is 2.25. The summed E-state index contributed by atoms with van der Waals surface area (Å²) in [4.78, 5) is 11.4. The largest absolute Gasteiger partial charge is 0.299 e. The Morgan fingerprint density at radius 2 is 2.00 bits per heavy atom. The lowest BCUT2D eigenvalue weighted by molar-refractivity contribution is -0.125. The highest BCUT2D eigenvalue weighted by atomic mass is 16.1. The van der Waals surface area contributed by atoms with Crippen LogP contribution in [0.5, 0.6) is 0 Å². The smallest absolute Gasteiger partial charge is 0.135 e. The van der Waals surface area contributed by atoms with Gasteiger partial charge in [-0.3, -0.25) is 4.79 Å². The normalized spacial score (nSPS) is 31.8. The molecule has 64 valence electrons. The molecule has 1 saturated carbocycles. The van der Waals surface area contributed by atoms with Crippen molar-refractivity contribution in [1.82, 2.24) is 0 Å². The van der Waals surface area contributed by atoms with Crippen molar-refractivity contribution >= 4 is 5.78 Å². The molecule has 1 fully saturated rings. The van der Waals surface area contributed by atoms with E-state index in [0.717, 1.165) is 12.8 Å². The van der Waals surface area contributed by atoms with Crippen LogP contribution in [0.2, 0.25) is 0 Å². The molecule has 1 aliphatic carbocycles. The van der Waals surface area contributed by atoms with Crippen molar-refractivity contribution in [3.63, 3.8) is 0 Å². The molecule has 0 radical (unpaired) electrons. The minimum Gasteiger partial charge on any atom is -0.299 e. The van der Waals surface area contributed by atoms with Gasteiger partial charge in [0, 0.05) is 12.3 Å². The van der Waals surface area contributed by atoms with Crippen molar-refractivity contribution in [3.8, 4) is 0 Å². The van der Waals surface area contributed by atoms with Gasteiger partial charge in [-0.15, -0.1) is 0 Å². The number of Topliss-reactive ketones (excluding diaryl/α,β-unsaturated/α-hetero) is 1. The molecule has 0 aromatic rings. The second-order valence-corrected chi connectivity index (χ2v) is 3.69. The molecule has 0 aromatic carbocycles. The van der Waals surface area contributed by atoms with Gasteiger partial charge in [-0.25, -0.2) is 0 Å². The minimum absolute atomic E-state index is 0.397. The third-order valence-corrected chi connectivity index (χ3v) is 2.87. The van der Waals surface area contributed by atoms with E-state index in [1.807, 2.05) is 6.92 Å². The predicted molar refractivity (Wildman–Crippen MR) is 46.4 cm³/mol. The molecule has 0 spiro atoms. The Morgan fingerprint density at radius 3 is 2.55 bits per heavy atom. The van der Waals surface area contributed by atoms with Crippen LogP contribution in [0.3, 0.4) is 0 Å². The zero-order valence-electron chi connectivity index (χ0n) is 7.60. The van der Waals surface area contributed by atoms with Gasteiger partial charge in [0.1, 0.15) is 5.78 Å². The highest BCUT2D eigenvalue weighted by Crippen LogP contribution is 2.30. The molecule has 2 unspecified atom stereocenters. The topological polar surface area (TPSA) is 17.1 Å². The molecule has 0 amide bonds. The zero-order valence-corrected chi connectivity index (χ0v) is 7.60. The number of hydrogen-bond acceptors (Lipinski definition) is 1. The maximum atomic E-state index is 11.4. The Kier molecular flexibility index (Phi) is 3.10. The van der Waals surface area contributed by atoms with Gasteiger partial charge < -0.3 is 0 Å². The van der Waals surface area contributed by atoms with E-state index < -0.39 is 0 Å². The highest BCUT2D eigenvalue weighted by molar-refractivity contribution is 5.80. The van der Waals surface area contributed by atoms with Gasteiger partial charge in [0.05, 0.1) is 0 Å². The summed E-state index contributed by atoms with van der Waals surface area (Å²) in [5, 5.41) is 0. The van der Waals surface area contributed by atoms with Crippen LogP contribution in [-0.4, -0.2) is 5.78 Å². The van der Waals surface area contributed by atoms with Gasteiger partial charge in [0.15, 0.2) is 0 Å². The molecule has 1 nitrogen and oxygen atoms in total. The monoisotopic (exact) mass is 154 g/mol. The molecule has 0 aromatic heterocycles. The fraction of sp³-hybridized carbons (Fsp3) is 0.900. The molecule has 0 saturated heterocycles. The van der Waals surface area contributed by atoms with E-state index in [9.17, 15) is 4.79 Å². The molecule has 2 atom stereocenters. The third-order valence-electron chi connectivity index (χ3n) is 2.87. The van der Waals surface area contributed by atoms with E-state index in [1.165, 1.54) is 19.3 Å². The summed E-state index contributed by atoms with van der Waals surface area (Å²) in [7, 11) is 0. The maximum Gasteiger partial charge on any atom is 0.135 e. The number of carbonyl (C=O) groups excluding carboxylic acids is 1. The average Bonchev–Trinajstić information content (AvgIpc) is 2.04. The Labute approximate surface area is 69.2 Å². The molecule has 0 N–H and O–H groups in total. The first-order valence-electron chi connectivity index (χ1n) is 4.78. The van der Waals surface area contributed by atoms with E-state index in [1.54, 1.807) is 0 Å². The number of ketones is 1. The van der Waals surface area contributed by atoms with Crippen LogP contribution in [0.15, 0.2) is 0 Å². The van der Waals surface area contributed by atoms with Crippen molar-refractivity contribution in [2.24, 2.45) is 11.8 Å². The lowest BCUT2D eigenvalue weighted by Gasteiger charge is -2.26. The summed E-state index contributed by atoms with van der Waals surface area (Å²) in [6.45, 7) is 4.20. The van der Waals surface area contributed by atoms with Crippen molar-refractivity contribution in [3.05, 3.63) is 0 Å². The molecule has 0 aliphatic heterocycles. The summed E-state index contributed by atoms with van der Waals surface area (Å²) in [5.41, 5.74) is 0. The molecule has 1 aliphatic rings. The van der Waals surface area contributed by atoms with Crippen LogP contribution in [0.1, 0.15) is 46.0 Å². The van der Waals surface area contributed by atoms with Gasteiger partial charge in [-0.1, -0.05) is 33.1 Å². The molecule has 0 heterocycles. The SMILES string of the molecule is CCC(=O)C1CCCCC1C. The fourth-order valence-corrected chi connectivity index (χ4v) is 2.06. The second kappa shape index (κ2) is 3.89. The van der Waals surface area contributed by atoms with E-state index in [4.69, 9.17) is 0 Å². The number of rotatable bonds is 2. The third kappa shape index (κ3) is 2.05. The van der Waals surface area contributed by atoms with Crippen molar-refractivity contribution in [2.45, 2.75) is 46.0 Å². The molecule has 0 bridgehead atoms. The van der Waals surface area contributed by atoms with Gasteiger partial charge in [0.25, 0.3) is 0 Å². The quantitative estimate of drug-likeness (QED) is 0.597. The van der Waals surface area contributed by atoms with E-state index in [-0.39, 0.29) is 0 Å². The van der Waals surface area contributed by atoms with Crippen LogP contribution in [0.4, 0.5) is 0 Å². The van der Waals surface area contributed by atoms with Crippen LogP contribution >= 0.6 is 0 Å². The van der Waals surface area contributed by atoms with E-state index >= 15 is 0 Å². The molecular formula is C10H18O. The van der Waals surface area contributed by atoms with Crippen molar-refractivity contribution in [1.29, 1.82) is 0 Å². The van der Waals surface area contributed by atoms with E-state index in [2.05, 4.69) is 6.92 Å². The second-order valence-electron chi connectivity index (χ2n) is 3.69. The average molecular weight is 154 g/mol.